The van der Waals surface area contributed by atoms with Crippen molar-refractivity contribution in [3.05, 3.63) is 205 Å². The summed E-state index contributed by atoms with van der Waals surface area (Å²) in [6.07, 6.45) is 0. The van der Waals surface area contributed by atoms with Gasteiger partial charge in [-0.1, -0.05) is 55.1 Å². The van der Waals surface area contributed by atoms with E-state index >= 15 is 0 Å². The molecule has 2 fully saturated rings. The number of nitro benzene ring substituents is 1. The monoisotopic (exact) mass is 949 g/mol. The zero-order chi connectivity index (χ0) is 50.6. The van der Waals surface area contributed by atoms with E-state index in [0.717, 1.165) is 61.5 Å². The van der Waals surface area contributed by atoms with Crippen LogP contribution in [0.3, 0.4) is 0 Å². The summed E-state index contributed by atoms with van der Waals surface area (Å²) in [5.74, 6) is 1.05. The summed E-state index contributed by atoms with van der Waals surface area (Å²) in [6.45, 7) is 21.4. The minimum absolute atomic E-state index is 0.106. The highest BCUT2D eigenvalue weighted by Gasteiger charge is 2.44. The molecule has 0 aliphatic carbocycles. The zero-order valence-corrected chi connectivity index (χ0v) is 40.6. The number of phenols is 1. The number of β-lactam (4-membered cyclic amide) rings is 2. The molecule has 14 heteroatoms. The predicted octanol–water partition coefficient (Wildman–Crippen LogP) is 11.7. The van der Waals surface area contributed by atoms with Crippen molar-refractivity contribution in [3.8, 4) is 23.0 Å². The molecule has 13 nitrogen and oxygen atoms in total. The van der Waals surface area contributed by atoms with Gasteiger partial charge in [-0.15, -0.1) is 0 Å². The fraction of sp³-hybridized carbons (Fsp3) is 0.200. The molecule has 2 atom stereocenters. The van der Waals surface area contributed by atoms with Gasteiger partial charge in [0.1, 0.15) is 23.0 Å². The van der Waals surface area contributed by atoms with Crippen LogP contribution in [0.2, 0.25) is 0 Å². The number of halogens is 1. The van der Waals surface area contributed by atoms with E-state index in [0.29, 0.717) is 33.9 Å². The molecule has 0 saturated carbocycles. The van der Waals surface area contributed by atoms with E-state index in [-0.39, 0.29) is 34.9 Å². The van der Waals surface area contributed by atoms with E-state index in [9.17, 15) is 34.4 Å². The standard InChI is InChI=1S/C27H24N2O6.C20H21NO3.C8H7ClO/c1-15-6-7-20(13-23(15)35-27(31)19-8-10-21(11-9-19)29(32)33)25-18(4)26(30)28(25)22-12-16(2)17(3)24(14-22)34-5;1-11-6-7-15(9-17(11)22)19-14(4)20(23)21(19)16-8-12(2)13(3)18(10-16)24-5;1-6-2-4-7(5-3-6)8(9)10/h6-14,25H,4H2,1-3,5H3;6-10,19,22H,4H2,1-3,5H3;2-5H,1H3/t25-;19-;/m11./s1. The maximum absolute atomic E-state index is 12.8. The summed E-state index contributed by atoms with van der Waals surface area (Å²) >= 11 is 5.22. The van der Waals surface area contributed by atoms with Crippen molar-refractivity contribution in [2.45, 2.75) is 60.5 Å². The lowest BCUT2D eigenvalue weighted by Gasteiger charge is -2.43. The van der Waals surface area contributed by atoms with E-state index in [1.807, 2.05) is 102 Å². The van der Waals surface area contributed by atoms with Gasteiger partial charge in [0.15, 0.2) is 0 Å². The van der Waals surface area contributed by atoms with Crippen LogP contribution in [0.1, 0.15) is 82.9 Å². The highest BCUT2D eigenvalue weighted by molar-refractivity contribution is 6.67. The van der Waals surface area contributed by atoms with Crippen LogP contribution >= 0.6 is 11.6 Å². The molecule has 6 aromatic carbocycles. The molecule has 6 aromatic rings. The molecule has 0 bridgehead atoms. The molecule has 2 heterocycles. The van der Waals surface area contributed by atoms with Crippen molar-refractivity contribution in [2.24, 2.45) is 0 Å². The number of amides is 2. The summed E-state index contributed by atoms with van der Waals surface area (Å²) in [4.78, 5) is 62.0. The number of hydrogen-bond donors (Lipinski definition) is 1. The number of non-ortho nitro benzene ring substituents is 1. The lowest BCUT2D eigenvalue weighted by Crippen LogP contribution is -2.48. The van der Waals surface area contributed by atoms with Gasteiger partial charge in [-0.05, 0) is 153 Å². The third kappa shape index (κ3) is 10.6. The van der Waals surface area contributed by atoms with Crippen LogP contribution in [0.5, 0.6) is 23.0 Å². The number of hydrogen-bond acceptors (Lipinski definition) is 10. The first-order valence-electron chi connectivity index (χ1n) is 21.7. The number of aromatic hydroxyl groups is 1. The van der Waals surface area contributed by atoms with E-state index in [1.165, 1.54) is 24.3 Å². The molecule has 69 heavy (non-hydrogen) atoms. The highest BCUT2D eigenvalue weighted by Crippen LogP contribution is 2.46. The first kappa shape index (κ1) is 50.4. The Labute approximate surface area is 406 Å². The fourth-order valence-electron chi connectivity index (χ4n) is 7.77. The van der Waals surface area contributed by atoms with Gasteiger partial charge in [0.25, 0.3) is 22.7 Å². The number of anilines is 2. The number of nitro groups is 1. The van der Waals surface area contributed by atoms with Crippen LogP contribution in [0.25, 0.3) is 0 Å². The van der Waals surface area contributed by atoms with Gasteiger partial charge < -0.3 is 19.3 Å². The Morgan fingerprint density at radius 2 is 1.06 bits per heavy atom. The molecule has 0 radical (unpaired) electrons. The predicted molar refractivity (Wildman–Crippen MR) is 267 cm³/mol. The maximum Gasteiger partial charge on any atom is 0.343 e. The van der Waals surface area contributed by atoms with Crippen molar-refractivity contribution >= 4 is 51.7 Å². The first-order valence-corrected chi connectivity index (χ1v) is 22.0. The Bertz CT molecular complexity index is 3050. The number of esters is 1. The number of phenolic OH excluding ortho intramolecular Hbond substituents is 1. The second-order valence-electron chi connectivity index (χ2n) is 16.8. The largest absolute Gasteiger partial charge is 0.508 e. The van der Waals surface area contributed by atoms with Gasteiger partial charge in [-0.25, -0.2) is 4.79 Å². The summed E-state index contributed by atoms with van der Waals surface area (Å²) in [5.41, 5.74) is 11.4. The number of carbonyl (C=O) groups is 4. The zero-order valence-electron chi connectivity index (χ0n) is 39.8. The number of ether oxygens (including phenoxy) is 3. The number of methoxy groups -OCH3 is 2. The maximum atomic E-state index is 12.8. The number of nitrogens with zero attached hydrogens (tertiary/aromatic N) is 3. The second kappa shape index (κ2) is 20.9. The minimum atomic E-state index is -0.639. The molecule has 0 spiro atoms. The Balaban J connectivity index is 0.000000197. The Hall–Kier alpha value is -8.03. The molecule has 0 aromatic heterocycles. The second-order valence-corrected chi connectivity index (χ2v) is 17.1. The van der Waals surface area contributed by atoms with Crippen molar-refractivity contribution in [2.75, 3.05) is 24.0 Å². The highest BCUT2D eigenvalue weighted by atomic mass is 35.5. The molecule has 0 unspecified atom stereocenters. The van der Waals surface area contributed by atoms with E-state index in [4.69, 9.17) is 25.8 Å². The fourth-order valence-corrected chi connectivity index (χ4v) is 7.89. The molecule has 1 N–H and O–H groups in total. The summed E-state index contributed by atoms with van der Waals surface area (Å²) in [6, 6.07) is 30.1. The van der Waals surface area contributed by atoms with Crippen LogP contribution in [-0.2, 0) is 9.59 Å². The summed E-state index contributed by atoms with van der Waals surface area (Å²) in [7, 11) is 3.21. The van der Waals surface area contributed by atoms with Gasteiger partial charge in [0.05, 0.1) is 36.8 Å². The van der Waals surface area contributed by atoms with Gasteiger partial charge in [-0.3, -0.25) is 34.3 Å². The van der Waals surface area contributed by atoms with E-state index in [1.54, 1.807) is 55.2 Å². The van der Waals surface area contributed by atoms with Crippen LogP contribution in [-0.4, -0.2) is 47.3 Å². The normalized spacial score (nSPS) is 14.9. The van der Waals surface area contributed by atoms with Gasteiger partial charge in [-0.2, -0.15) is 0 Å². The Morgan fingerprint density at radius 3 is 1.49 bits per heavy atom. The summed E-state index contributed by atoms with van der Waals surface area (Å²) < 4.78 is 16.5. The lowest BCUT2D eigenvalue weighted by atomic mass is 9.87. The van der Waals surface area contributed by atoms with Crippen molar-refractivity contribution < 1.29 is 43.4 Å². The van der Waals surface area contributed by atoms with Crippen LogP contribution in [0, 0.1) is 58.6 Å². The third-order valence-corrected chi connectivity index (χ3v) is 12.5. The SMILES string of the molecule is C=C1C(=O)N(c2cc(C)c(C)c(OC)c2)[C@H]1c1ccc(C)c(O)c1.C=C1C(=O)N(c2cc(C)c(C)c(OC)c2)[C@H]1c1ccc(C)c(OC(=O)c2ccc([N+](=O)[O-])cc2)c1.Cc1ccc(C(=O)Cl)cc1. The topological polar surface area (TPSA) is 166 Å². The molecule has 8 rings (SSSR count). The van der Waals surface area contributed by atoms with Crippen LogP contribution < -0.4 is 24.0 Å². The smallest absolute Gasteiger partial charge is 0.343 e. The number of benzene rings is 6. The Morgan fingerprint density at radius 1 is 0.609 bits per heavy atom. The van der Waals surface area contributed by atoms with E-state index < -0.39 is 22.2 Å². The quantitative estimate of drug-likeness (QED) is 0.0266. The number of rotatable bonds is 10. The average molecular weight is 950 g/mol. The lowest BCUT2D eigenvalue weighted by molar-refractivity contribution is -0.384. The van der Waals surface area contributed by atoms with Crippen molar-refractivity contribution in [1.29, 1.82) is 0 Å². The van der Waals surface area contributed by atoms with Gasteiger partial charge >= 0.3 is 5.97 Å². The molecule has 2 saturated heterocycles. The van der Waals surface area contributed by atoms with Crippen LogP contribution in [0.15, 0.2) is 133 Å². The molecular formula is C55H52ClN3O10. The van der Waals surface area contributed by atoms with Gasteiger partial charge in [0.2, 0.25) is 0 Å². The molecular weight excluding hydrogens is 898 g/mol. The molecule has 2 aliphatic heterocycles. The van der Waals surface area contributed by atoms with Crippen LogP contribution in [0.4, 0.5) is 17.1 Å². The Kier molecular flexibility index (Phi) is 15.2. The van der Waals surface area contributed by atoms with Crippen molar-refractivity contribution in [1.82, 2.24) is 0 Å². The number of carbonyl (C=O) groups excluding carboxylic acids is 4. The first-order chi connectivity index (χ1) is 32.7. The minimum Gasteiger partial charge on any atom is -0.508 e. The van der Waals surface area contributed by atoms with Gasteiger partial charge in [0, 0.05) is 52.3 Å². The molecule has 2 aliphatic rings. The third-order valence-electron chi connectivity index (χ3n) is 12.2. The molecule has 2 amide bonds. The van der Waals surface area contributed by atoms with Crippen molar-refractivity contribution in [3.63, 3.8) is 0 Å². The number of aryl methyl sites for hydroxylation is 5. The summed E-state index contributed by atoms with van der Waals surface area (Å²) in [5, 5.41) is 20.4. The average Bonchev–Trinajstić information content (AvgIpc) is 3.33. The molecule has 354 valence electrons. The van der Waals surface area contributed by atoms with E-state index in [2.05, 4.69) is 13.2 Å².